The number of hydrogen-bond acceptors (Lipinski definition) is 6. The van der Waals surface area contributed by atoms with E-state index in [1.807, 2.05) is 0 Å². The number of carbonyl (C=O) groups is 1. The Labute approximate surface area is 167 Å². The summed E-state index contributed by atoms with van der Waals surface area (Å²) in [5, 5.41) is 3.83. The quantitative estimate of drug-likeness (QED) is 0.463. The second kappa shape index (κ2) is 9.36. The van der Waals surface area contributed by atoms with Gasteiger partial charge in [0.05, 0.1) is 18.2 Å². The number of aromatic nitrogens is 3. The molecule has 0 aliphatic heterocycles. The Morgan fingerprint density at radius 2 is 2.04 bits per heavy atom. The summed E-state index contributed by atoms with van der Waals surface area (Å²) in [5.74, 6) is 0.691. The molecule has 0 saturated heterocycles. The summed E-state index contributed by atoms with van der Waals surface area (Å²) in [6.45, 7) is 2.63. The van der Waals surface area contributed by atoms with Gasteiger partial charge in [-0.05, 0) is 42.8 Å². The minimum Gasteiger partial charge on any atom is -0.497 e. The van der Waals surface area contributed by atoms with Gasteiger partial charge in [0.15, 0.2) is 10.8 Å². The van der Waals surface area contributed by atoms with Gasteiger partial charge in [0.25, 0.3) is 5.56 Å². The van der Waals surface area contributed by atoms with Crippen molar-refractivity contribution in [1.29, 1.82) is 0 Å². The molecule has 28 heavy (non-hydrogen) atoms. The minimum atomic E-state index is -0.174. The van der Waals surface area contributed by atoms with Crippen LogP contribution in [0.5, 0.6) is 5.75 Å². The van der Waals surface area contributed by atoms with Gasteiger partial charge in [0.2, 0.25) is 5.91 Å². The smallest absolute Gasteiger partial charge is 0.263 e. The molecule has 0 bridgehead atoms. The maximum absolute atomic E-state index is 12.8. The summed E-state index contributed by atoms with van der Waals surface area (Å²) in [7, 11) is 1.59. The second-order valence-corrected chi connectivity index (χ2v) is 7.09. The number of ether oxygens (including phenoxy) is 1. The topological polar surface area (TPSA) is 86.1 Å². The molecule has 0 atom stereocenters. The lowest BCUT2D eigenvalue weighted by molar-refractivity contribution is -0.113. The standard InChI is InChI=1S/C20H22N4O3S/c1-3-4-12-24-19(26)16-6-5-11-21-18(16)23-20(24)28-13-17(25)22-14-7-9-15(27-2)10-8-14/h5-11H,3-4,12-13H2,1-2H3,(H,22,25). The second-order valence-electron chi connectivity index (χ2n) is 6.14. The summed E-state index contributed by atoms with van der Waals surface area (Å²) in [4.78, 5) is 33.8. The van der Waals surface area contributed by atoms with E-state index in [0.29, 0.717) is 28.4 Å². The SMILES string of the molecule is CCCCn1c(SCC(=O)Nc2ccc(OC)cc2)nc2ncccc2c1=O. The minimum absolute atomic E-state index is 0.121. The van der Waals surface area contributed by atoms with Crippen molar-refractivity contribution < 1.29 is 9.53 Å². The highest BCUT2D eigenvalue weighted by molar-refractivity contribution is 7.99. The molecule has 0 aliphatic rings. The average molecular weight is 398 g/mol. The molecule has 2 heterocycles. The number of benzene rings is 1. The molecule has 2 aromatic heterocycles. The molecule has 1 amide bonds. The van der Waals surface area contributed by atoms with Crippen LogP contribution in [0.2, 0.25) is 0 Å². The van der Waals surface area contributed by atoms with Crippen LogP contribution in [-0.2, 0) is 11.3 Å². The molecular weight excluding hydrogens is 376 g/mol. The zero-order chi connectivity index (χ0) is 19.9. The number of pyridine rings is 1. The summed E-state index contributed by atoms with van der Waals surface area (Å²) in [6.07, 6.45) is 3.43. The average Bonchev–Trinajstić information content (AvgIpc) is 2.72. The molecular formula is C20H22N4O3S. The van der Waals surface area contributed by atoms with E-state index in [-0.39, 0.29) is 17.2 Å². The highest BCUT2D eigenvalue weighted by Gasteiger charge is 2.13. The van der Waals surface area contributed by atoms with E-state index in [4.69, 9.17) is 4.74 Å². The van der Waals surface area contributed by atoms with Crippen molar-refractivity contribution in [2.75, 3.05) is 18.2 Å². The lowest BCUT2D eigenvalue weighted by Gasteiger charge is -2.12. The fourth-order valence-electron chi connectivity index (χ4n) is 2.66. The van der Waals surface area contributed by atoms with Crippen LogP contribution in [0.1, 0.15) is 19.8 Å². The van der Waals surface area contributed by atoms with E-state index in [0.717, 1.165) is 18.6 Å². The summed E-state index contributed by atoms with van der Waals surface area (Å²) < 4.78 is 6.75. The first-order valence-corrected chi connectivity index (χ1v) is 10.0. The van der Waals surface area contributed by atoms with Crippen molar-refractivity contribution in [3.63, 3.8) is 0 Å². The van der Waals surface area contributed by atoms with Crippen LogP contribution in [0.3, 0.4) is 0 Å². The molecule has 3 aromatic rings. The molecule has 8 heteroatoms. The third-order valence-corrected chi connectivity index (χ3v) is 5.11. The molecule has 1 N–H and O–H groups in total. The van der Waals surface area contributed by atoms with Gasteiger partial charge in [-0.1, -0.05) is 25.1 Å². The van der Waals surface area contributed by atoms with Crippen molar-refractivity contribution in [2.24, 2.45) is 0 Å². The van der Waals surface area contributed by atoms with Gasteiger partial charge in [-0.3, -0.25) is 14.2 Å². The summed E-state index contributed by atoms with van der Waals surface area (Å²) in [6, 6.07) is 10.6. The van der Waals surface area contributed by atoms with Crippen molar-refractivity contribution in [2.45, 2.75) is 31.5 Å². The van der Waals surface area contributed by atoms with E-state index in [2.05, 4.69) is 22.2 Å². The van der Waals surface area contributed by atoms with Gasteiger partial charge in [0, 0.05) is 18.4 Å². The van der Waals surface area contributed by atoms with Crippen LogP contribution in [0.15, 0.2) is 52.5 Å². The van der Waals surface area contributed by atoms with Crippen LogP contribution in [0, 0.1) is 0 Å². The van der Waals surface area contributed by atoms with Crippen LogP contribution in [0.4, 0.5) is 5.69 Å². The van der Waals surface area contributed by atoms with Gasteiger partial charge >= 0.3 is 0 Å². The van der Waals surface area contributed by atoms with Gasteiger partial charge in [0.1, 0.15) is 5.75 Å². The molecule has 0 radical (unpaired) electrons. The van der Waals surface area contributed by atoms with Gasteiger partial charge in [-0.2, -0.15) is 0 Å². The van der Waals surface area contributed by atoms with Crippen molar-refractivity contribution in [3.8, 4) is 5.75 Å². The highest BCUT2D eigenvalue weighted by atomic mass is 32.2. The monoisotopic (exact) mass is 398 g/mol. The van der Waals surface area contributed by atoms with Crippen molar-refractivity contribution >= 4 is 34.4 Å². The number of thioether (sulfide) groups is 1. The number of carbonyl (C=O) groups excluding carboxylic acids is 1. The fraction of sp³-hybridized carbons (Fsp3) is 0.300. The number of nitrogens with one attached hydrogen (secondary N) is 1. The van der Waals surface area contributed by atoms with Gasteiger partial charge in [-0.15, -0.1) is 0 Å². The fourth-order valence-corrected chi connectivity index (χ4v) is 3.47. The maximum atomic E-state index is 12.8. The number of fused-ring (bicyclic) bond motifs is 1. The Morgan fingerprint density at radius 3 is 2.75 bits per heavy atom. The van der Waals surface area contributed by atoms with Crippen molar-refractivity contribution in [1.82, 2.24) is 14.5 Å². The first-order chi connectivity index (χ1) is 13.6. The van der Waals surface area contributed by atoms with Gasteiger partial charge in [-0.25, -0.2) is 9.97 Å². The Bertz CT molecular complexity index is 1020. The molecule has 1 aromatic carbocycles. The molecule has 0 aliphatic carbocycles. The third kappa shape index (κ3) is 4.69. The first-order valence-electron chi connectivity index (χ1n) is 9.04. The number of amides is 1. The molecule has 3 rings (SSSR count). The molecule has 7 nitrogen and oxygen atoms in total. The third-order valence-electron chi connectivity index (χ3n) is 4.14. The lowest BCUT2D eigenvalue weighted by Crippen LogP contribution is -2.24. The number of rotatable bonds is 8. The summed E-state index contributed by atoms with van der Waals surface area (Å²) >= 11 is 1.24. The van der Waals surface area contributed by atoms with Crippen LogP contribution < -0.4 is 15.6 Å². The van der Waals surface area contributed by atoms with Gasteiger partial charge < -0.3 is 10.1 Å². The Balaban J connectivity index is 1.76. The number of anilines is 1. The number of hydrogen-bond donors (Lipinski definition) is 1. The zero-order valence-electron chi connectivity index (χ0n) is 15.8. The predicted molar refractivity (Wildman–Crippen MR) is 111 cm³/mol. The zero-order valence-corrected chi connectivity index (χ0v) is 16.7. The van der Waals surface area contributed by atoms with Crippen LogP contribution in [0.25, 0.3) is 11.0 Å². The van der Waals surface area contributed by atoms with Crippen LogP contribution >= 0.6 is 11.8 Å². The molecule has 0 unspecified atom stereocenters. The molecule has 0 spiro atoms. The number of methoxy groups -OCH3 is 1. The number of nitrogens with zero attached hydrogens (tertiary/aromatic N) is 3. The van der Waals surface area contributed by atoms with E-state index < -0.39 is 0 Å². The summed E-state index contributed by atoms with van der Waals surface area (Å²) in [5.41, 5.74) is 0.964. The molecule has 0 saturated carbocycles. The Morgan fingerprint density at radius 1 is 1.25 bits per heavy atom. The van der Waals surface area contributed by atoms with Crippen LogP contribution in [-0.4, -0.2) is 33.3 Å². The highest BCUT2D eigenvalue weighted by Crippen LogP contribution is 2.19. The maximum Gasteiger partial charge on any atom is 0.263 e. The first kappa shape index (κ1) is 19.9. The van der Waals surface area contributed by atoms with Crippen molar-refractivity contribution in [3.05, 3.63) is 52.9 Å². The largest absolute Gasteiger partial charge is 0.497 e. The van der Waals surface area contributed by atoms with E-state index in [1.165, 1.54) is 11.8 Å². The number of unbranched alkanes of at least 4 members (excludes halogenated alkanes) is 1. The lowest BCUT2D eigenvalue weighted by atomic mass is 10.3. The Kier molecular flexibility index (Phi) is 6.65. The van der Waals surface area contributed by atoms with E-state index in [1.54, 1.807) is 54.3 Å². The predicted octanol–water partition coefficient (Wildman–Crippen LogP) is 3.33. The molecule has 146 valence electrons. The normalized spacial score (nSPS) is 10.8. The van der Waals surface area contributed by atoms with E-state index in [9.17, 15) is 9.59 Å². The molecule has 0 fully saturated rings. The van der Waals surface area contributed by atoms with E-state index >= 15 is 0 Å². The Hall–Kier alpha value is -2.87.